The standard InChI is InChI=1S/C18H22ClN3O/c1-12(2)9-18(23)21-20-11-15-10-13(3)22(14(15)4)17-8-6-5-7-16(17)19/h5-8,10-12H,9H2,1-4H3,(H,21,23)/b20-11-. The van der Waals surface area contributed by atoms with Crippen LogP contribution in [-0.4, -0.2) is 16.7 Å². The topological polar surface area (TPSA) is 46.4 Å². The van der Waals surface area contributed by atoms with E-state index in [-0.39, 0.29) is 5.91 Å². The van der Waals surface area contributed by atoms with E-state index in [1.165, 1.54) is 0 Å². The first-order chi connectivity index (χ1) is 10.9. The van der Waals surface area contributed by atoms with Gasteiger partial charge in [0.15, 0.2) is 0 Å². The number of rotatable bonds is 5. The molecule has 1 aromatic carbocycles. The van der Waals surface area contributed by atoms with Gasteiger partial charge in [-0.2, -0.15) is 5.10 Å². The highest BCUT2D eigenvalue weighted by Gasteiger charge is 2.11. The van der Waals surface area contributed by atoms with E-state index < -0.39 is 0 Å². The lowest BCUT2D eigenvalue weighted by molar-refractivity contribution is -0.121. The number of para-hydroxylation sites is 1. The first-order valence-corrected chi connectivity index (χ1v) is 8.03. The number of hydrazone groups is 1. The summed E-state index contributed by atoms with van der Waals surface area (Å²) in [6.45, 7) is 8.03. The molecule has 23 heavy (non-hydrogen) atoms. The van der Waals surface area contributed by atoms with Crippen LogP contribution in [0.25, 0.3) is 5.69 Å². The number of aromatic nitrogens is 1. The van der Waals surface area contributed by atoms with Crippen molar-refractivity contribution < 1.29 is 4.79 Å². The number of halogens is 1. The van der Waals surface area contributed by atoms with Crippen molar-refractivity contribution in [1.82, 2.24) is 9.99 Å². The van der Waals surface area contributed by atoms with Crippen LogP contribution in [0, 0.1) is 19.8 Å². The van der Waals surface area contributed by atoms with Crippen molar-refractivity contribution in [3.63, 3.8) is 0 Å². The quantitative estimate of drug-likeness (QED) is 0.646. The maximum atomic E-state index is 11.6. The Morgan fingerprint density at radius 2 is 2.04 bits per heavy atom. The van der Waals surface area contributed by atoms with Crippen molar-refractivity contribution in [2.75, 3.05) is 0 Å². The van der Waals surface area contributed by atoms with E-state index in [1.54, 1.807) is 6.21 Å². The fourth-order valence-corrected chi connectivity index (χ4v) is 2.73. The number of carbonyl (C=O) groups is 1. The molecule has 0 saturated carbocycles. The number of hydrogen-bond acceptors (Lipinski definition) is 2. The number of hydrogen-bond donors (Lipinski definition) is 1. The molecule has 0 aliphatic heterocycles. The minimum absolute atomic E-state index is 0.0730. The Balaban J connectivity index is 2.22. The minimum Gasteiger partial charge on any atom is -0.316 e. The number of nitrogens with zero attached hydrogens (tertiary/aromatic N) is 2. The normalized spacial score (nSPS) is 11.4. The van der Waals surface area contributed by atoms with Gasteiger partial charge in [-0.3, -0.25) is 4.79 Å². The largest absolute Gasteiger partial charge is 0.316 e. The summed E-state index contributed by atoms with van der Waals surface area (Å²) in [6.07, 6.45) is 2.14. The molecule has 1 heterocycles. The van der Waals surface area contributed by atoms with Crippen LogP contribution in [0.1, 0.15) is 37.2 Å². The Morgan fingerprint density at radius 1 is 1.35 bits per heavy atom. The van der Waals surface area contributed by atoms with E-state index >= 15 is 0 Å². The number of nitrogens with one attached hydrogen (secondary N) is 1. The predicted molar refractivity (Wildman–Crippen MR) is 95.4 cm³/mol. The van der Waals surface area contributed by atoms with Gasteiger partial charge in [0, 0.05) is 23.4 Å². The molecule has 0 aliphatic rings. The van der Waals surface area contributed by atoms with Crippen LogP contribution in [0.3, 0.4) is 0 Å². The van der Waals surface area contributed by atoms with Gasteiger partial charge < -0.3 is 4.57 Å². The third-order valence-corrected chi connectivity index (χ3v) is 3.87. The highest BCUT2D eigenvalue weighted by Crippen LogP contribution is 2.25. The number of aryl methyl sites for hydroxylation is 1. The van der Waals surface area contributed by atoms with Gasteiger partial charge >= 0.3 is 0 Å². The molecule has 0 radical (unpaired) electrons. The molecule has 1 amide bonds. The number of carbonyl (C=O) groups excluding carboxylic acids is 1. The average molecular weight is 332 g/mol. The molecule has 4 nitrogen and oxygen atoms in total. The van der Waals surface area contributed by atoms with Crippen LogP contribution < -0.4 is 5.43 Å². The molecule has 0 saturated heterocycles. The van der Waals surface area contributed by atoms with Gasteiger partial charge in [0.25, 0.3) is 0 Å². The predicted octanol–water partition coefficient (Wildman–Crippen LogP) is 4.24. The summed E-state index contributed by atoms with van der Waals surface area (Å²) >= 11 is 6.29. The first kappa shape index (κ1) is 17.3. The molecule has 1 aromatic heterocycles. The lowest BCUT2D eigenvalue weighted by atomic mass is 10.1. The van der Waals surface area contributed by atoms with Crippen molar-refractivity contribution >= 4 is 23.7 Å². The lowest BCUT2D eigenvalue weighted by Gasteiger charge is -2.11. The maximum absolute atomic E-state index is 11.6. The van der Waals surface area contributed by atoms with Crippen LogP contribution in [-0.2, 0) is 4.79 Å². The molecule has 2 rings (SSSR count). The molecule has 0 atom stereocenters. The molecule has 5 heteroatoms. The van der Waals surface area contributed by atoms with Crippen molar-refractivity contribution in [1.29, 1.82) is 0 Å². The third-order valence-electron chi connectivity index (χ3n) is 3.55. The number of benzene rings is 1. The van der Waals surface area contributed by atoms with E-state index in [9.17, 15) is 4.79 Å². The van der Waals surface area contributed by atoms with Crippen LogP contribution in [0.4, 0.5) is 0 Å². The Morgan fingerprint density at radius 3 is 2.70 bits per heavy atom. The smallest absolute Gasteiger partial charge is 0.240 e. The summed E-state index contributed by atoms with van der Waals surface area (Å²) < 4.78 is 2.08. The van der Waals surface area contributed by atoms with Crippen molar-refractivity contribution in [3.05, 3.63) is 52.3 Å². The monoisotopic (exact) mass is 331 g/mol. The molecule has 122 valence electrons. The second kappa shape index (κ2) is 7.47. The zero-order chi connectivity index (χ0) is 17.0. The van der Waals surface area contributed by atoms with E-state index in [1.807, 2.05) is 58.0 Å². The summed E-state index contributed by atoms with van der Waals surface area (Å²) in [7, 11) is 0. The Labute approximate surface area is 142 Å². The molecule has 0 fully saturated rings. The summed E-state index contributed by atoms with van der Waals surface area (Å²) in [5.74, 6) is 0.242. The average Bonchev–Trinajstić information content (AvgIpc) is 2.74. The molecule has 1 N–H and O–H groups in total. The van der Waals surface area contributed by atoms with E-state index in [4.69, 9.17) is 11.6 Å². The van der Waals surface area contributed by atoms with Gasteiger partial charge in [-0.25, -0.2) is 5.43 Å². The van der Waals surface area contributed by atoms with Crippen LogP contribution >= 0.6 is 11.6 Å². The van der Waals surface area contributed by atoms with E-state index in [0.717, 1.165) is 22.6 Å². The second-order valence-corrected chi connectivity index (χ2v) is 6.41. The first-order valence-electron chi connectivity index (χ1n) is 7.66. The van der Waals surface area contributed by atoms with Gasteiger partial charge in [-0.05, 0) is 38.0 Å². The van der Waals surface area contributed by atoms with Gasteiger partial charge in [0.05, 0.1) is 16.9 Å². The Kier molecular flexibility index (Phi) is 5.61. The Bertz CT molecular complexity index is 732. The van der Waals surface area contributed by atoms with Crippen LogP contribution in [0.2, 0.25) is 5.02 Å². The van der Waals surface area contributed by atoms with Crippen molar-refractivity contribution in [2.24, 2.45) is 11.0 Å². The molecule has 2 aromatic rings. The highest BCUT2D eigenvalue weighted by atomic mass is 35.5. The molecule has 0 bridgehead atoms. The fourth-order valence-electron chi connectivity index (χ4n) is 2.51. The van der Waals surface area contributed by atoms with Gasteiger partial charge in [0.1, 0.15) is 0 Å². The van der Waals surface area contributed by atoms with Crippen molar-refractivity contribution in [2.45, 2.75) is 34.1 Å². The fraction of sp³-hybridized carbons (Fsp3) is 0.333. The lowest BCUT2D eigenvalue weighted by Crippen LogP contribution is -2.19. The minimum atomic E-state index is -0.0730. The molecular formula is C18H22ClN3O. The molecular weight excluding hydrogens is 310 g/mol. The summed E-state index contributed by atoms with van der Waals surface area (Å²) in [6, 6.07) is 9.74. The van der Waals surface area contributed by atoms with Crippen molar-refractivity contribution in [3.8, 4) is 5.69 Å². The highest BCUT2D eigenvalue weighted by molar-refractivity contribution is 6.32. The molecule has 0 unspecified atom stereocenters. The van der Waals surface area contributed by atoms with Gasteiger partial charge in [0.2, 0.25) is 5.91 Å². The summed E-state index contributed by atoms with van der Waals surface area (Å²) in [5, 5.41) is 4.75. The van der Waals surface area contributed by atoms with E-state index in [2.05, 4.69) is 15.1 Å². The zero-order valence-corrected chi connectivity index (χ0v) is 14.7. The van der Waals surface area contributed by atoms with Gasteiger partial charge in [-0.15, -0.1) is 0 Å². The van der Waals surface area contributed by atoms with Crippen LogP contribution in [0.15, 0.2) is 35.4 Å². The SMILES string of the molecule is Cc1cc(/C=N\NC(=O)CC(C)C)c(C)n1-c1ccccc1Cl. The maximum Gasteiger partial charge on any atom is 0.240 e. The zero-order valence-electron chi connectivity index (χ0n) is 13.9. The van der Waals surface area contributed by atoms with Gasteiger partial charge in [-0.1, -0.05) is 37.6 Å². The van der Waals surface area contributed by atoms with Crippen LogP contribution in [0.5, 0.6) is 0 Å². The Hall–Kier alpha value is -2.07. The molecule has 0 aliphatic carbocycles. The summed E-state index contributed by atoms with van der Waals surface area (Å²) in [4.78, 5) is 11.6. The second-order valence-electron chi connectivity index (χ2n) is 6.00. The summed E-state index contributed by atoms with van der Waals surface area (Å²) in [5.41, 5.74) is 6.54. The number of amides is 1. The molecule has 0 spiro atoms. The van der Waals surface area contributed by atoms with E-state index in [0.29, 0.717) is 17.4 Å². The third kappa shape index (κ3) is 4.23.